The van der Waals surface area contributed by atoms with E-state index in [0.29, 0.717) is 7.11 Å². The van der Waals surface area contributed by atoms with Crippen molar-refractivity contribution in [1.29, 1.82) is 0 Å². The van der Waals surface area contributed by atoms with Crippen LogP contribution >= 0.6 is 0 Å². The van der Waals surface area contributed by atoms with Crippen molar-refractivity contribution in [3.8, 4) is 0 Å². The van der Waals surface area contributed by atoms with Gasteiger partial charge in [-0.15, -0.1) is 0 Å². The van der Waals surface area contributed by atoms with Gasteiger partial charge in [-0.2, -0.15) is 0 Å². The first-order chi connectivity index (χ1) is 6.62. The average Bonchev–Trinajstić information content (AvgIpc) is 2.14. The van der Waals surface area contributed by atoms with Gasteiger partial charge in [-0.1, -0.05) is 8.96 Å². The summed E-state index contributed by atoms with van der Waals surface area (Å²) in [4.78, 5) is 10.5. The summed E-state index contributed by atoms with van der Waals surface area (Å²) in [6.45, 7) is -0.166. The molecule has 0 aliphatic heterocycles. The normalized spacial score (nSPS) is 19.9. The quantitative estimate of drug-likeness (QED) is 0.325. The van der Waals surface area contributed by atoms with Crippen molar-refractivity contribution in [2.24, 2.45) is 0 Å². The van der Waals surface area contributed by atoms with Gasteiger partial charge in [-0.25, -0.2) is 22.4 Å². The van der Waals surface area contributed by atoms with E-state index in [9.17, 15) is 31.3 Å². The van der Waals surface area contributed by atoms with Crippen molar-refractivity contribution < 1.29 is 36.1 Å². The maximum absolute atomic E-state index is 13.2. The molecule has 0 rings (SSSR count). The molecule has 9 heteroatoms. The molecule has 2 atom stereocenters. The molecule has 90 valence electrons. The van der Waals surface area contributed by atoms with E-state index in [1.165, 1.54) is 0 Å². The van der Waals surface area contributed by atoms with Crippen LogP contribution in [0.4, 0.5) is 26.5 Å². The summed E-state index contributed by atoms with van der Waals surface area (Å²) in [6, 6.07) is 0. The van der Waals surface area contributed by atoms with Crippen LogP contribution in [0, 0.1) is 0 Å². The van der Waals surface area contributed by atoms with E-state index in [-0.39, 0.29) is 6.92 Å². The zero-order chi connectivity index (χ0) is 12.4. The van der Waals surface area contributed by atoms with Gasteiger partial charge in [0.1, 0.15) is 0 Å². The molecule has 0 saturated carbocycles. The lowest BCUT2D eigenvalue weighted by Gasteiger charge is -2.32. The van der Waals surface area contributed by atoms with Crippen LogP contribution in [-0.4, -0.2) is 36.3 Å². The molecule has 0 aromatic heterocycles. The smallest absolute Gasteiger partial charge is 0.368 e. The summed E-state index contributed by atoms with van der Waals surface area (Å²) < 4.78 is 77.6. The zero-order valence-electron chi connectivity index (χ0n) is 7.61. The first kappa shape index (κ1) is 14.0. The third-order valence-electron chi connectivity index (χ3n) is 1.75. The number of halogens is 6. The number of methoxy groups -OCH3 is 1. The van der Waals surface area contributed by atoms with E-state index in [4.69, 9.17) is 0 Å². The van der Waals surface area contributed by atoms with E-state index < -0.39 is 29.2 Å². The number of hydrogen-bond acceptors (Lipinski definition) is 3. The molecular weight excluding hydrogens is 232 g/mol. The summed E-state index contributed by atoms with van der Waals surface area (Å²) >= 11 is 0. The van der Waals surface area contributed by atoms with Crippen molar-refractivity contribution in [2.45, 2.75) is 24.8 Å². The van der Waals surface area contributed by atoms with E-state index in [1.807, 2.05) is 0 Å². The Hall–Kier alpha value is -0.990. The van der Waals surface area contributed by atoms with Crippen LogP contribution in [0.25, 0.3) is 0 Å². The van der Waals surface area contributed by atoms with Gasteiger partial charge in [0, 0.05) is 0 Å². The first-order valence-corrected chi connectivity index (χ1v) is 3.48. The molecule has 0 aromatic carbocycles. The van der Waals surface area contributed by atoms with E-state index >= 15 is 0 Å². The van der Waals surface area contributed by atoms with Crippen LogP contribution in [-0.2, 0) is 9.53 Å². The summed E-state index contributed by atoms with van der Waals surface area (Å²) in [6.07, 6.45) is -4.13. The van der Waals surface area contributed by atoms with Crippen molar-refractivity contribution in [2.75, 3.05) is 7.11 Å². The molecule has 0 aromatic rings. The Labute approximate surface area is 80.5 Å². The van der Waals surface area contributed by atoms with Gasteiger partial charge in [0.15, 0.2) is 0 Å². The van der Waals surface area contributed by atoms with Crippen molar-refractivity contribution in [1.82, 2.24) is 5.34 Å². The third-order valence-corrected chi connectivity index (χ3v) is 1.75. The Kier molecular flexibility index (Phi) is 3.97. The SMILES string of the molecule is COC(=O)C(F)(N(F)F)C(C)(F)C(F)F. The highest BCUT2D eigenvalue weighted by Crippen LogP contribution is 2.40. The predicted molar refractivity (Wildman–Crippen MR) is 35.4 cm³/mol. The lowest BCUT2D eigenvalue weighted by atomic mass is 9.97. The van der Waals surface area contributed by atoms with Gasteiger partial charge >= 0.3 is 11.8 Å². The van der Waals surface area contributed by atoms with Crippen molar-refractivity contribution >= 4 is 5.97 Å². The molecule has 0 spiro atoms. The van der Waals surface area contributed by atoms with Gasteiger partial charge in [0.25, 0.3) is 6.43 Å². The number of nitrogens with zero attached hydrogens (tertiary/aromatic N) is 1. The van der Waals surface area contributed by atoms with Crippen LogP contribution in [0.5, 0.6) is 0 Å². The van der Waals surface area contributed by atoms with Crippen LogP contribution < -0.4 is 0 Å². The van der Waals surface area contributed by atoms with E-state index in [1.54, 1.807) is 0 Å². The standard InChI is InChI=1S/C6H7F6NO2/c1-5(9,3(7)8)6(10,13(11)12)4(14)15-2/h3H,1-2H3. The van der Waals surface area contributed by atoms with Crippen LogP contribution in [0.1, 0.15) is 6.92 Å². The molecular formula is C6H7F6NO2. The predicted octanol–water partition coefficient (Wildman–Crippen LogP) is 1.89. The first-order valence-electron chi connectivity index (χ1n) is 3.48. The fraction of sp³-hybridized carbons (Fsp3) is 0.833. The second kappa shape index (κ2) is 4.25. The van der Waals surface area contributed by atoms with Crippen LogP contribution in [0.2, 0.25) is 0 Å². The Morgan fingerprint density at radius 3 is 1.93 bits per heavy atom. The van der Waals surface area contributed by atoms with E-state index in [2.05, 4.69) is 4.74 Å². The molecule has 0 N–H and O–H groups in total. The molecule has 15 heavy (non-hydrogen) atoms. The Morgan fingerprint density at radius 2 is 1.73 bits per heavy atom. The number of carbonyl (C=O) groups is 1. The molecule has 0 radical (unpaired) electrons. The molecule has 0 heterocycles. The minimum atomic E-state index is -4.85. The second-order valence-corrected chi connectivity index (χ2v) is 2.72. The second-order valence-electron chi connectivity index (χ2n) is 2.72. The highest BCUT2D eigenvalue weighted by molar-refractivity contribution is 5.80. The number of hydrogen-bond donors (Lipinski definition) is 0. The lowest BCUT2D eigenvalue weighted by molar-refractivity contribution is -0.324. The Balaban J connectivity index is 5.39. The van der Waals surface area contributed by atoms with Crippen LogP contribution in [0.15, 0.2) is 0 Å². The Morgan fingerprint density at radius 1 is 1.33 bits per heavy atom. The van der Waals surface area contributed by atoms with Gasteiger partial charge in [-0.3, -0.25) is 0 Å². The molecule has 0 bridgehead atoms. The highest BCUT2D eigenvalue weighted by Gasteiger charge is 2.68. The molecule has 0 aliphatic carbocycles. The molecule has 0 fully saturated rings. The molecule has 2 unspecified atom stereocenters. The molecule has 3 nitrogen and oxygen atoms in total. The average molecular weight is 239 g/mol. The minimum Gasteiger partial charge on any atom is -0.465 e. The fourth-order valence-electron chi connectivity index (χ4n) is 0.714. The summed E-state index contributed by atoms with van der Waals surface area (Å²) in [5, 5.41) is -2.58. The van der Waals surface area contributed by atoms with E-state index in [0.717, 1.165) is 0 Å². The van der Waals surface area contributed by atoms with Crippen molar-refractivity contribution in [3.63, 3.8) is 0 Å². The number of ether oxygens (including phenoxy) is 1. The molecule has 0 aliphatic rings. The highest BCUT2D eigenvalue weighted by atomic mass is 19.4. The maximum Gasteiger partial charge on any atom is 0.368 e. The maximum atomic E-state index is 13.2. The van der Waals surface area contributed by atoms with Gasteiger partial charge < -0.3 is 4.74 Å². The minimum absolute atomic E-state index is 0.166. The third kappa shape index (κ3) is 2.01. The van der Waals surface area contributed by atoms with Crippen molar-refractivity contribution in [3.05, 3.63) is 0 Å². The number of rotatable bonds is 4. The van der Waals surface area contributed by atoms with Crippen LogP contribution in [0.3, 0.4) is 0 Å². The fourth-order valence-corrected chi connectivity index (χ4v) is 0.714. The van der Waals surface area contributed by atoms with Gasteiger partial charge in [0.2, 0.25) is 5.67 Å². The van der Waals surface area contributed by atoms with Gasteiger partial charge in [0.05, 0.1) is 12.5 Å². The number of carbonyl (C=O) groups excluding carboxylic acids is 1. The molecule has 0 amide bonds. The monoisotopic (exact) mass is 239 g/mol. The topological polar surface area (TPSA) is 29.5 Å². The van der Waals surface area contributed by atoms with Gasteiger partial charge in [-0.05, 0) is 6.92 Å². The largest absolute Gasteiger partial charge is 0.465 e. The number of esters is 1. The number of alkyl halides is 4. The lowest BCUT2D eigenvalue weighted by Crippen LogP contribution is -2.61. The molecule has 0 saturated heterocycles. The summed E-state index contributed by atoms with van der Waals surface area (Å²) in [7, 11) is 0.460. The summed E-state index contributed by atoms with van der Waals surface area (Å²) in [5.41, 5.74) is -4.40. The zero-order valence-corrected chi connectivity index (χ0v) is 7.61. The summed E-state index contributed by atoms with van der Waals surface area (Å²) in [5.74, 6) is -7.30. The Bertz CT molecular complexity index is 246.